The van der Waals surface area contributed by atoms with Crippen molar-refractivity contribution in [3.63, 3.8) is 0 Å². The zero-order valence-electron chi connectivity index (χ0n) is 52.3. The highest BCUT2D eigenvalue weighted by Crippen LogP contribution is 2.17. The van der Waals surface area contributed by atoms with Crippen molar-refractivity contribution in [1.29, 1.82) is 0 Å². The Morgan fingerprint density at radius 3 is 0.787 bits per heavy atom. The van der Waals surface area contributed by atoms with Gasteiger partial charge in [-0.25, -0.2) is 0 Å². The normalized spacial score (nSPS) is 12.9. The minimum Gasteiger partial charge on any atom is -0.462 e. The van der Waals surface area contributed by atoms with Crippen LogP contribution in [-0.4, -0.2) is 37.2 Å². The summed E-state index contributed by atoms with van der Waals surface area (Å²) in [4.78, 5) is 38.4. The second-order valence-electron chi connectivity index (χ2n) is 22.0. The Morgan fingerprint density at radius 1 is 0.263 bits per heavy atom. The summed E-state index contributed by atoms with van der Waals surface area (Å²) in [6.07, 6.45) is 93.6. The molecule has 0 saturated carbocycles. The standard InChI is InChI=1S/C74H124O6/c1-4-7-10-13-16-19-22-25-28-31-33-35-36-37-39-40-43-46-49-52-55-58-61-64-67-73(76)79-70-71(69-78-72(75)66-63-60-57-54-51-48-45-42-30-27-24-21-18-15-12-9-6-3)80-74(77)68-65-62-59-56-53-50-47-44-41-38-34-32-29-26-23-20-17-14-11-8-5-2/h8-9,11-12,17-18,20-21,26-27,29-30,34,38,44-45,47-48,53,56,71H,4-7,10,13-16,19,22-25,28,31-33,35-37,39-43,46,49-52,54-55,57-70H2,1-3H3/b11-8-,12-9-,20-17-,21-18-,29-26-,30-27-,38-34-,47-44-,48-45-,56-53-. The van der Waals surface area contributed by atoms with Gasteiger partial charge in [-0.15, -0.1) is 0 Å². The van der Waals surface area contributed by atoms with E-state index in [9.17, 15) is 14.4 Å². The smallest absolute Gasteiger partial charge is 0.306 e. The van der Waals surface area contributed by atoms with Crippen LogP contribution in [0, 0.1) is 0 Å². The van der Waals surface area contributed by atoms with E-state index >= 15 is 0 Å². The number of ether oxygens (including phenoxy) is 3. The molecule has 0 aromatic rings. The molecule has 456 valence electrons. The molecule has 0 aromatic heterocycles. The number of esters is 3. The third kappa shape index (κ3) is 64.6. The van der Waals surface area contributed by atoms with Crippen LogP contribution in [0.3, 0.4) is 0 Å². The predicted octanol–water partition coefficient (Wildman–Crippen LogP) is 23.2. The van der Waals surface area contributed by atoms with Crippen LogP contribution < -0.4 is 0 Å². The Morgan fingerprint density at radius 2 is 0.487 bits per heavy atom. The molecule has 0 amide bonds. The van der Waals surface area contributed by atoms with Gasteiger partial charge in [0, 0.05) is 19.3 Å². The Bertz CT molecular complexity index is 1650. The fourth-order valence-electron chi connectivity index (χ4n) is 9.26. The Balaban J connectivity index is 4.44. The fourth-order valence-corrected chi connectivity index (χ4v) is 9.26. The maximum absolute atomic E-state index is 12.9. The van der Waals surface area contributed by atoms with Crippen LogP contribution in [0.15, 0.2) is 122 Å². The Hall–Kier alpha value is -4.19. The molecule has 0 saturated heterocycles. The first-order chi connectivity index (χ1) is 39.5. The first kappa shape index (κ1) is 75.8. The van der Waals surface area contributed by atoms with Gasteiger partial charge in [-0.2, -0.15) is 0 Å². The Labute approximate surface area is 494 Å². The molecule has 80 heavy (non-hydrogen) atoms. The van der Waals surface area contributed by atoms with E-state index in [1.807, 2.05) is 0 Å². The first-order valence-electron chi connectivity index (χ1n) is 33.5. The van der Waals surface area contributed by atoms with Gasteiger partial charge >= 0.3 is 17.9 Å². The summed E-state index contributed by atoms with van der Waals surface area (Å²) in [6, 6.07) is 0. The van der Waals surface area contributed by atoms with Crippen LogP contribution in [-0.2, 0) is 28.6 Å². The summed E-state index contributed by atoms with van der Waals surface area (Å²) in [6.45, 7) is 6.39. The molecule has 0 fully saturated rings. The predicted molar refractivity (Wildman–Crippen MR) is 348 cm³/mol. The van der Waals surface area contributed by atoms with E-state index in [4.69, 9.17) is 14.2 Å². The minimum atomic E-state index is -0.816. The monoisotopic (exact) mass is 1110 g/mol. The molecule has 0 aliphatic rings. The highest BCUT2D eigenvalue weighted by atomic mass is 16.6. The maximum Gasteiger partial charge on any atom is 0.306 e. The molecule has 0 heterocycles. The van der Waals surface area contributed by atoms with Crippen molar-refractivity contribution in [1.82, 2.24) is 0 Å². The summed E-state index contributed by atoms with van der Waals surface area (Å²) in [7, 11) is 0. The topological polar surface area (TPSA) is 78.9 Å². The highest BCUT2D eigenvalue weighted by Gasteiger charge is 2.19. The molecule has 0 spiro atoms. The van der Waals surface area contributed by atoms with Gasteiger partial charge in [-0.05, 0) is 109 Å². The second-order valence-corrected chi connectivity index (χ2v) is 22.0. The number of rotatable bonds is 60. The maximum atomic E-state index is 12.9. The lowest BCUT2D eigenvalue weighted by Crippen LogP contribution is -2.30. The van der Waals surface area contributed by atoms with E-state index < -0.39 is 6.10 Å². The highest BCUT2D eigenvalue weighted by molar-refractivity contribution is 5.71. The van der Waals surface area contributed by atoms with E-state index in [-0.39, 0.29) is 37.5 Å². The van der Waals surface area contributed by atoms with E-state index in [1.165, 1.54) is 135 Å². The third-order valence-electron chi connectivity index (χ3n) is 14.2. The molecule has 0 aromatic carbocycles. The average Bonchev–Trinajstić information content (AvgIpc) is 3.46. The summed E-state index contributed by atoms with van der Waals surface area (Å²) >= 11 is 0. The van der Waals surface area contributed by atoms with Gasteiger partial charge in [0.05, 0.1) is 0 Å². The summed E-state index contributed by atoms with van der Waals surface area (Å²) in [5, 5.41) is 0. The van der Waals surface area contributed by atoms with Crippen LogP contribution in [0.5, 0.6) is 0 Å². The Kier molecular flexibility index (Phi) is 63.8. The van der Waals surface area contributed by atoms with Crippen LogP contribution in [0.1, 0.15) is 310 Å². The van der Waals surface area contributed by atoms with Crippen molar-refractivity contribution in [3.05, 3.63) is 122 Å². The number of allylic oxidation sites excluding steroid dienone is 20. The fraction of sp³-hybridized carbons (Fsp3) is 0.689. The largest absolute Gasteiger partial charge is 0.462 e. The zero-order chi connectivity index (χ0) is 57.8. The van der Waals surface area contributed by atoms with E-state index in [0.29, 0.717) is 19.3 Å². The van der Waals surface area contributed by atoms with Crippen molar-refractivity contribution in [2.75, 3.05) is 13.2 Å². The summed E-state index contributed by atoms with van der Waals surface area (Å²) < 4.78 is 16.9. The van der Waals surface area contributed by atoms with Gasteiger partial charge < -0.3 is 14.2 Å². The van der Waals surface area contributed by atoms with Crippen molar-refractivity contribution >= 4 is 17.9 Å². The molecular formula is C74H124O6. The molecule has 0 radical (unpaired) electrons. The quantitative estimate of drug-likeness (QED) is 0.0261. The van der Waals surface area contributed by atoms with Crippen molar-refractivity contribution in [2.24, 2.45) is 0 Å². The third-order valence-corrected chi connectivity index (χ3v) is 14.2. The second kappa shape index (κ2) is 67.3. The van der Waals surface area contributed by atoms with Gasteiger partial charge in [0.25, 0.3) is 0 Å². The van der Waals surface area contributed by atoms with Crippen LogP contribution in [0.25, 0.3) is 0 Å². The molecule has 0 aliphatic carbocycles. The van der Waals surface area contributed by atoms with E-state index in [0.717, 1.165) is 128 Å². The SMILES string of the molecule is CC/C=C\C/C=C\C/C=C\C/C=C\C/C=C\C/C=C\CCCCC(=O)OC(COC(=O)CCCCCC/C=C\C/C=C\C/C=C\C/C=C\CC)COC(=O)CCCCCCCCCCCCCCCCCCCCCCCCCC. The molecule has 6 nitrogen and oxygen atoms in total. The molecule has 1 atom stereocenters. The number of hydrogen-bond acceptors (Lipinski definition) is 6. The van der Waals surface area contributed by atoms with Gasteiger partial charge in [0.1, 0.15) is 13.2 Å². The molecule has 1 unspecified atom stereocenters. The number of unbranched alkanes of at least 4 members (excludes halogenated alkanes) is 29. The van der Waals surface area contributed by atoms with Crippen molar-refractivity contribution in [3.8, 4) is 0 Å². The lowest BCUT2D eigenvalue weighted by Gasteiger charge is -2.18. The van der Waals surface area contributed by atoms with Gasteiger partial charge in [-0.3, -0.25) is 14.4 Å². The number of carbonyl (C=O) groups is 3. The van der Waals surface area contributed by atoms with Crippen molar-refractivity contribution in [2.45, 2.75) is 316 Å². The summed E-state index contributed by atoms with van der Waals surface area (Å²) in [5.41, 5.74) is 0. The summed E-state index contributed by atoms with van der Waals surface area (Å²) in [5.74, 6) is -0.964. The van der Waals surface area contributed by atoms with Gasteiger partial charge in [0.2, 0.25) is 0 Å². The molecule has 6 heteroatoms. The van der Waals surface area contributed by atoms with Crippen LogP contribution >= 0.6 is 0 Å². The molecule has 0 rings (SSSR count). The number of hydrogen-bond donors (Lipinski definition) is 0. The molecule has 0 bridgehead atoms. The van der Waals surface area contributed by atoms with Crippen LogP contribution in [0.4, 0.5) is 0 Å². The van der Waals surface area contributed by atoms with Crippen LogP contribution in [0.2, 0.25) is 0 Å². The van der Waals surface area contributed by atoms with Crippen molar-refractivity contribution < 1.29 is 28.6 Å². The lowest BCUT2D eigenvalue weighted by atomic mass is 10.0. The lowest BCUT2D eigenvalue weighted by molar-refractivity contribution is -0.167. The van der Waals surface area contributed by atoms with Gasteiger partial charge in [-0.1, -0.05) is 303 Å². The molecule has 0 aliphatic heterocycles. The minimum absolute atomic E-state index is 0.104. The average molecular weight is 1110 g/mol. The van der Waals surface area contributed by atoms with E-state index in [1.54, 1.807) is 0 Å². The molecule has 0 N–H and O–H groups in total. The van der Waals surface area contributed by atoms with E-state index in [2.05, 4.69) is 142 Å². The van der Waals surface area contributed by atoms with Gasteiger partial charge in [0.15, 0.2) is 6.10 Å². The first-order valence-corrected chi connectivity index (χ1v) is 33.5. The molecular weight excluding hydrogens is 985 g/mol. The zero-order valence-corrected chi connectivity index (χ0v) is 52.3. The number of carbonyl (C=O) groups excluding carboxylic acids is 3.